The number of hydrogen-bond donors (Lipinski definition) is 2. The molecule has 0 bridgehead atoms. The number of aliphatic hydroxyl groups excluding tert-OH is 1. The van der Waals surface area contributed by atoms with Gasteiger partial charge in [-0.3, -0.25) is 9.59 Å². The van der Waals surface area contributed by atoms with Gasteiger partial charge in [-0.05, 0) is 42.8 Å². The van der Waals surface area contributed by atoms with Gasteiger partial charge in [0.15, 0.2) is 0 Å². The number of methoxy groups -OCH3 is 3. The Bertz CT molecular complexity index is 1110. The van der Waals surface area contributed by atoms with Crippen LogP contribution in [0.3, 0.4) is 0 Å². The summed E-state index contributed by atoms with van der Waals surface area (Å²) in [6.45, 7) is 3.04. The second-order valence-electron chi connectivity index (χ2n) is 8.60. The van der Waals surface area contributed by atoms with E-state index in [1.165, 1.54) is 16.9 Å². The van der Waals surface area contributed by atoms with Crippen molar-refractivity contribution < 1.29 is 33.8 Å². The van der Waals surface area contributed by atoms with Crippen molar-refractivity contribution in [3.05, 3.63) is 58.7 Å². The Balaban J connectivity index is 2.18. The molecule has 3 rings (SSSR count). The van der Waals surface area contributed by atoms with E-state index in [0.717, 1.165) is 12.1 Å². The number of ketones is 1. The number of quaternary nitrogens is 1. The van der Waals surface area contributed by atoms with E-state index in [1.807, 2.05) is 21.0 Å². The van der Waals surface area contributed by atoms with Crippen molar-refractivity contribution in [1.29, 1.82) is 0 Å². The molecule has 1 atom stereocenters. The van der Waals surface area contributed by atoms with Crippen LogP contribution in [0, 0.1) is 6.92 Å². The Kier molecular flexibility index (Phi) is 7.83. The number of aliphatic hydroxyl groups is 1. The lowest BCUT2D eigenvalue weighted by Crippen LogP contribution is -3.05. The van der Waals surface area contributed by atoms with E-state index in [-0.39, 0.29) is 11.3 Å². The van der Waals surface area contributed by atoms with Gasteiger partial charge in [0.25, 0.3) is 11.7 Å². The van der Waals surface area contributed by atoms with Gasteiger partial charge in [0.2, 0.25) is 0 Å². The molecule has 0 aromatic heterocycles. The monoisotopic (exact) mass is 469 g/mol. The topological polar surface area (TPSA) is 89.7 Å². The van der Waals surface area contributed by atoms with Crippen molar-refractivity contribution in [2.45, 2.75) is 19.4 Å². The number of carbonyl (C=O) groups excluding carboxylic acids is 2. The Morgan fingerprint density at radius 3 is 2.29 bits per heavy atom. The van der Waals surface area contributed by atoms with Gasteiger partial charge in [-0.2, -0.15) is 0 Å². The first-order chi connectivity index (χ1) is 16.2. The summed E-state index contributed by atoms with van der Waals surface area (Å²) in [5.74, 6) is 0.129. The molecule has 8 nitrogen and oxygen atoms in total. The molecule has 2 aromatic rings. The first-order valence-electron chi connectivity index (χ1n) is 11.2. The minimum atomic E-state index is -0.791. The average Bonchev–Trinajstić information content (AvgIpc) is 3.07. The highest BCUT2D eigenvalue weighted by Gasteiger charge is 2.47. The van der Waals surface area contributed by atoms with Crippen LogP contribution in [0.25, 0.3) is 5.76 Å². The van der Waals surface area contributed by atoms with E-state index in [4.69, 9.17) is 14.2 Å². The maximum Gasteiger partial charge on any atom is 0.295 e. The average molecular weight is 470 g/mol. The summed E-state index contributed by atoms with van der Waals surface area (Å²) in [5.41, 5.74) is 1.88. The fourth-order valence-electron chi connectivity index (χ4n) is 4.26. The number of hydrogen-bond acceptors (Lipinski definition) is 6. The molecule has 1 fully saturated rings. The predicted molar refractivity (Wildman–Crippen MR) is 129 cm³/mol. The molecule has 1 amide bonds. The maximum absolute atomic E-state index is 13.2. The van der Waals surface area contributed by atoms with Gasteiger partial charge in [0.1, 0.15) is 23.0 Å². The van der Waals surface area contributed by atoms with Crippen LogP contribution in [-0.2, 0) is 9.59 Å². The van der Waals surface area contributed by atoms with Crippen LogP contribution >= 0.6 is 0 Å². The molecular weight excluding hydrogens is 436 g/mol. The number of amides is 1. The van der Waals surface area contributed by atoms with Crippen LogP contribution in [0.2, 0.25) is 0 Å². The molecule has 8 heteroatoms. The molecule has 0 aliphatic carbocycles. The lowest BCUT2D eigenvalue weighted by Gasteiger charge is -2.27. The van der Waals surface area contributed by atoms with Crippen molar-refractivity contribution in [2.75, 3.05) is 48.5 Å². The van der Waals surface area contributed by atoms with Crippen molar-refractivity contribution in [1.82, 2.24) is 4.90 Å². The van der Waals surface area contributed by atoms with Crippen molar-refractivity contribution in [3.8, 4) is 17.2 Å². The van der Waals surface area contributed by atoms with Gasteiger partial charge >= 0.3 is 0 Å². The fourth-order valence-corrected chi connectivity index (χ4v) is 4.26. The van der Waals surface area contributed by atoms with Crippen LogP contribution in [0.15, 0.2) is 42.0 Å². The summed E-state index contributed by atoms with van der Waals surface area (Å²) in [6, 6.07) is 9.57. The highest BCUT2D eigenvalue weighted by atomic mass is 16.5. The molecule has 0 radical (unpaired) electrons. The zero-order valence-electron chi connectivity index (χ0n) is 20.6. The second-order valence-corrected chi connectivity index (χ2v) is 8.60. The van der Waals surface area contributed by atoms with Crippen LogP contribution in [0.4, 0.5) is 0 Å². The number of aryl methyl sites for hydroxylation is 1. The molecule has 2 aromatic carbocycles. The third kappa shape index (κ3) is 4.87. The molecule has 1 aliphatic rings. The summed E-state index contributed by atoms with van der Waals surface area (Å²) in [6.07, 6.45) is 0.700. The van der Waals surface area contributed by atoms with Crippen molar-refractivity contribution in [2.24, 2.45) is 0 Å². The van der Waals surface area contributed by atoms with E-state index in [0.29, 0.717) is 41.3 Å². The molecule has 1 heterocycles. The molecule has 1 aliphatic heterocycles. The summed E-state index contributed by atoms with van der Waals surface area (Å²) < 4.78 is 16.2. The predicted octanol–water partition coefficient (Wildman–Crippen LogP) is 1.98. The van der Waals surface area contributed by atoms with E-state index in [9.17, 15) is 14.7 Å². The highest BCUT2D eigenvalue weighted by molar-refractivity contribution is 6.46. The zero-order chi connectivity index (χ0) is 25.0. The largest absolute Gasteiger partial charge is 0.507 e. The van der Waals surface area contributed by atoms with Gasteiger partial charge in [0, 0.05) is 30.2 Å². The number of Topliss-reactive ketones (excluding diaryl/α,β-unsaturated/α-hetero) is 1. The van der Waals surface area contributed by atoms with Crippen molar-refractivity contribution >= 4 is 17.4 Å². The van der Waals surface area contributed by atoms with Gasteiger partial charge in [-0.15, -0.1) is 0 Å². The molecule has 1 saturated heterocycles. The fraction of sp³-hybridized carbons (Fsp3) is 0.385. The van der Waals surface area contributed by atoms with Crippen molar-refractivity contribution in [3.63, 3.8) is 0 Å². The minimum absolute atomic E-state index is 0.0373. The summed E-state index contributed by atoms with van der Waals surface area (Å²) >= 11 is 0. The summed E-state index contributed by atoms with van der Waals surface area (Å²) in [4.78, 5) is 29.1. The number of benzene rings is 2. The second kappa shape index (κ2) is 10.6. The number of carbonyl (C=O) groups is 2. The maximum atomic E-state index is 13.2. The van der Waals surface area contributed by atoms with Crippen LogP contribution in [0.1, 0.15) is 29.2 Å². The quantitative estimate of drug-likeness (QED) is 0.332. The molecule has 0 spiro atoms. The van der Waals surface area contributed by atoms with Crippen LogP contribution in [-0.4, -0.2) is 70.2 Å². The molecule has 2 N–H and O–H groups in total. The SMILES string of the molecule is COc1ccc(C2C(=C(O)c3ccc(OC)c(C)c3)C(=O)C(=O)N2CCC[NH+](C)C)c(OC)c1. The number of nitrogens with one attached hydrogen (secondary N) is 1. The van der Waals surface area contributed by atoms with E-state index < -0.39 is 17.7 Å². The minimum Gasteiger partial charge on any atom is -0.507 e. The number of likely N-dealkylation sites (tertiary alicyclic amines) is 1. The summed E-state index contributed by atoms with van der Waals surface area (Å²) in [7, 11) is 8.70. The highest BCUT2D eigenvalue weighted by Crippen LogP contribution is 2.43. The molecule has 34 heavy (non-hydrogen) atoms. The van der Waals surface area contributed by atoms with Gasteiger partial charge < -0.3 is 29.1 Å². The molecule has 1 unspecified atom stereocenters. The lowest BCUT2D eigenvalue weighted by molar-refractivity contribution is -0.858. The number of ether oxygens (including phenoxy) is 3. The van der Waals surface area contributed by atoms with Crippen LogP contribution in [0.5, 0.6) is 17.2 Å². The Hall–Kier alpha value is -3.52. The molecular formula is C26H33N2O6+. The van der Waals surface area contributed by atoms with E-state index in [2.05, 4.69) is 0 Å². The Morgan fingerprint density at radius 1 is 1.00 bits per heavy atom. The first-order valence-corrected chi connectivity index (χ1v) is 11.2. The lowest BCUT2D eigenvalue weighted by atomic mass is 9.94. The molecule has 182 valence electrons. The Morgan fingerprint density at radius 2 is 1.71 bits per heavy atom. The molecule has 0 saturated carbocycles. The van der Waals surface area contributed by atoms with Gasteiger partial charge in [-0.25, -0.2) is 0 Å². The van der Waals surface area contributed by atoms with Gasteiger partial charge in [0.05, 0.1) is 53.6 Å². The number of rotatable bonds is 9. The third-order valence-electron chi connectivity index (χ3n) is 6.02. The third-order valence-corrected chi connectivity index (χ3v) is 6.02. The van der Waals surface area contributed by atoms with Gasteiger partial charge in [-0.1, -0.05) is 0 Å². The van der Waals surface area contributed by atoms with E-state index in [1.54, 1.807) is 50.6 Å². The normalized spacial score (nSPS) is 17.4. The Labute approximate surface area is 200 Å². The van der Waals surface area contributed by atoms with E-state index >= 15 is 0 Å². The van der Waals surface area contributed by atoms with Crippen LogP contribution < -0.4 is 19.1 Å². The smallest absolute Gasteiger partial charge is 0.295 e. The standard InChI is InChI=1S/C26H32N2O6/c1-16-14-17(8-11-20(16)33-5)24(29)22-23(19-10-9-18(32-4)15-21(19)34-6)28(26(31)25(22)30)13-7-12-27(2)3/h8-11,14-15,23,29H,7,12-13H2,1-6H3/p+1. The summed E-state index contributed by atoms with van der Waals surface area (Å²) in [5, 5.41) is 11.3. The first kappa shape index (κ1) is 25.1. The zero-order valence-corrected chi connectivity index (χ0v) is 20.6. The number of nitrogens with zero attached hydrogens (tertiary/aromatic N) is 1.